The Hall–Kier alpha value is -4.29. The number of aromatic nitrogens is 2. The number of nitrogens with one attached hydrogen (secondary N) is 2. The summed E-state index contributed by atoms with van der Waals surface area (Å²) in [5, 5.41) is 13.6. The number of nitrogens with two attached hydrogens (primary N) is 1. The first-order chi connectivity index (χ1) is 15.6. The van der Waals surface area contributed by atoms with E-state index in [2.05, 4.69) is 21.4 Å². The maximum Gasteiger partial charge on any atom is 0.257 e. The number of aromatic amines is 1. The number of hydrogen-bond acceptors (Lipinski definition) is 8. The molecule has 2 aromatic carbocycles. The highest BCUT2D eigenvalue weighted by atomic mass is 32.1. The molecule has 32 heavy (non-hydrogen) atoms. The zero-order valence-corrected chi connectivity index (χ0v) is 17.7. The second kappa shape index (κ2) is 7.76. The number of allylic oxidation sites excluding steroid dienone is 1. The van der Waals surface area contributed by atoms with Crippen molar-refractivity contribution in [3.63, 3.8) is 0 Å². The van der Waals surface area contributed by atoms with Gasteiger partial charge in [0.1, 0.15) is 22.1 Å². The molecule has 1 atom stereocenters. The van der Waals surface area contributed by atoms with Crippen LogP contribution in [0.25, 0.3) is 10.3 Å². The van der Waals surface area contributed by atoms with Gasteiger partial charge in [0.05, 0.1) is 18.6 Å². The van der Waals surface area contributed by atoms with Crippen molar-refractivity contribution in [2.75, 3.05) is 12.4 Å². The number of fused-ring (bicyclic) bond motifs is 3. The minimum Gasteiger partial charge on any atom is -0.497 e. The van der Waals surface area contributed by atoms with Crippen LogP contribution in [0.2, 0.25) is 0 Å². The molecule has 1 aliphatic rings. The first kappa shape index (κ1) is 19.7. The third-order valence-corrected chi connectivity index (χ3v) is 6.17. The molecular weight excluding hydrogens is 426 g/mol. The first-order valence-corrected chi connectivity index (χ1v) is 10.5. The van der Waals surface area contributed by atoms with Crippen molar-refractivity contribution in [2.45, 2.75) is 5.92 Å². The Morgan fingerprint density at radius 1 is 1.22 bits per heavy atom. The number of thiazole rings is 1. The van der Waals surface area contributed by atoms with Gasteiger partial charge in [-0.1, -0.05) is 41.7 Å². The molecule has 3 heterocycles. The Balaban J connectivity index is 1.68. The Labute approximate surface area is 186 Å². The lowest BCUT2D eigenvalue weighted by molar-refractivity contribution is 0.397. The molecule has 9 heteroatoms. The predicted octanol–water partition coefficient (Wildman–Crippen LogP) is 3.95. The summed E-state index contributed by atoms with van der Waals surface area (Å²) >= 11 is 1.33. The summed E-state index contributed by atoms with van der Waals surface area (Å²) in [4.78, 5) is 20.5. The van der Waals surface area contributed by atoms with Gasteiger partial charge in [0.15, 0.2) is 16.5 Å². The van der Waals surface area contributed by atoms with Gasteiger partial charge in [-0.15, -0.1) is 0 Å². The minimum atomic E-state index is -0.671. The number of rotatable bonds is 4. The van der Waals surface area contributed by atoms with Crippen LogP contribution in [-0.4, -0.2) is 17.1 Å². The average molecular weight is 443 g/mol. The number of nitrogens with zero attached hydrogens (tertiary/aromatic N) is 2. The molecule has 8 nitrogen and oxygen atoms in total. The van der Waals surface area contributed by atoms with Gasteiger partial charge in [-0.05, 0) is 29.8 Å². The van der Waals surface area contributed by atoms with Crippen molar-refractivity contribution < 1.29 is 9.47 Å². The minimum absolute atomic E-state index is 0.0290. The zero-order chi connectivity index (χ0) is 22.2. The Morgan fingerprint density at radius 3 is 2.66 bits per heavy atom. The van der Waals surface area contributed by atoms with Crippen LogP contribution < -0.4 is 26.1 Å². The lowest BCUT2D eigenvalue weighted by atomic mass is 9.84. The number of pyridine rings is 1. The molecule has 4 aromatic rings. The monoisotopic (exact) mass is 443 g/mol. The molecule has 2 aromatic heterocycles. The summed E-state index contributed by atoms with van der Waals surface area (Å²) in [6.07, 6.45) is 0. The summed E-state index contributed by atoms with van der Waals surface area (Å²) < 4.78 is 11.7. The van der Waals surface area contributed by atoms with E-state index in [1.165, 1.54) is 11.3 Å². The van der Waals surface area contributed by atoms with E-state index in [4.69, 9.17) is 15.2 Å². The molecule has 158 valence electrons. The molecule has 0 radical (unpaired) electrons. The molecule has 0 aliphatic carbocycles. The van der Waals surface area contributed by atoms with E-state index >= 15 is 0 Å². The summed E-state index contributed by atoms with van der Waals surface area (Å²) in [7, 11) is 1.57. The third kappa shape index (κ3) is 3.23. The summed E-state index contributed by atoms with van der Waals surface area (Å²) in [6, 6.07) is 18.9. The Morgan fingerprint density at radius 2 is 1.97 bits per heavy atom. The molecule has 0 amide bonds. The highest BCUT2D eigenvalue weighted by Crippen LogP contribution is 2.45. The maximum absolute atomic E-state index is 13.1. The lowest BCUT2D eigenvalue weighted by Crippen LogP contribution is -2.27. The highest BCUT2D eigenvalue weighted by Gasteiger charge is 2.35. The molecule has 5 rings (SSSR count). The second-order valence-corrected chi connectivity index (χ2v) is 8.08. The second-order valence-electron chi connectivity index (χ2n) is 7.08. The quantitative estimate of drug-likeness (QED) is 0.436. The molecular formula is C23H17N5O3S. The average Bonchev–Trinajstić information content (AvgIpc) is 3.21. The predicted molar refractivity (Wildman–Crippen MR) is 122 cm³/mol. The first-order valence-electron chi connectivity index (χ1n) is 9.69. The SMILES string of the molecule is COc1ccc([C@H]2C(C#N)=C(N)Oc3c2c(=O)[nH]c2nc(Nc4ccccc4)sc32)cc1. The van der Waals surface area contributed by atoms with E-state index in [1.54, 1.807) is 19.2 Å². The molecule has 0 saturated carbocycles. The van der Waals surface area contributed by atoms with E-state index in [0.29, 0.717) is 32.5 Å². The van der Waals surface area contributed by atoms with Crippen molar-refractivity contribution in [3.8, 4) is 17.6 Å². The van der Waals surface area contributed by atoms with Crippen LogP contribution in [0.3, 0.4) is 0 Å². The van der Waals surface area contributed by atoms with Gasteiger partial charge in [-0.3, -0.25) is 4.79 Å². The van der Waals surface area contributed by atoms with E-state index in [9.17, 15) is 10.1 Å². The largest absolute Gasteiger partial charge is 0.497 e. The standard InChI is InChI=1S/C23H17N5O3S/c1-30-14-9-7-12(8-10-14)16-15(11-24)20(25)31-18-17(16)22(29)27-21-19(18)32-23(28-21)26-13-5-3-2-4-6-13/h2-10,16H,25H2,1H3,(H2,26,27,28,29)/t16-/m0/s1. The summed E-state index contributed by atoms with van der Waals surface area (Å²) in [5.74, 6) is 0.286. The number of H-pyrrole nitrogens is 1. The number of ether oxygens (including phenoxy) is 2. The van der Waals surface area contributed by atoms with Gasteiger partial charge >= 0.3 is 0 Å². The molecule has 0 bridgehead atoms. The maximum atomic E-state index is 13.1. The summed E-state index contributed by atoms with van der Waals surface area (Å²) in [5.41, 5.74) is 8.23. The van der Waals surface area contributed by atoms with Crippen LogP contribution in [0.4, 0.5) is 10.8 Å². The Bertz CT molecular complexity index is 1450. The molecule has 4 N–H and O–H groups in total. The number of anilines is 2. The van der Waals surface area contributed by atoms with E-state index in [-0.39, 0.29) is 17.0 Å². The topological polar surface area (TPSA) is 126 Å². The van der Waals surface area contributed by atoms with E-state index in [1.807, 2.05) is 42.5 Å². The van der Waals surface area contributed by atoms with Crippen LogP contribution >= 0.6 is 11.3 Å². The molecule has 0 saturated heterocycles. The fourth-order valence-electron chi connectivity index (χ4n) is 3.72. The van der Waals surface area contributed by atoms with Crippen molar-refractivity contribution >= 4 is 32.5 Å². The van der Waals surface area contributed by atoms with Crippen molar-refractivity contribution in [3.05, 3.63) is 87.5 Å². The fraction of sp³-hybridized carbons (Fsp3) is 0.0870. The molecule has 0 spiro atoms. The van der Waals surface area contributed by atoms with Gasteiger partial charge in [0.2, 0.25) is 5.88 Å². The van der Waals surface area contributed by atoms with E-state index < -0.39 is 5.92 Å². The smallest absolute Gasteiger partial charge is 0.257 e. The van der Waals surface area contributed by atoms with Gasteiger partial charge in [0.25, 0.3) is 5.56 Å². The fourth-order valence-corrected chi connectivity index (χ4v) is 4.66. The number of hydrogen-bond donors (Lipinski definition) is 3. The molecule has 0 unspecified atom stereocenters. The van der Waals surface area contributed by atoms with Gasteiger partial charge in [-0.2, -0.15) is 5.26 Å². The molecule has 0 fully saturated rings. The van der Waals surface area contributed by atoms with Crippen molar-refractivity contribution in [2.24, 2.45) is 5.73 Å². The highest BCUT2D eigenvalue weighted by molar-refractivity contribution is 7.22. The number of benzene rings is 2. The zero-order valence-electron chi connectivity index (χ0n) is 16.9. The third-order valence-electron chi connectivity index (χ3n) is 5.20. The summed E-state index contributed by atoms with van der Waals surface area (Å²) in [6.45, 7) is 0. The van der Waals surface area contributed by atoms with Crippen LogP contribution in [0.5, 0.6) is 11.5 Å². The Kier molecular flexibility index (Phi) is 4.77. The van der Waals surface area contributed by atoms with Gasteiger partial charge < -0.3 is 25.5 Å². The van der Waals surface area contributed by atoms with Crippen LogP contribution in [0, 0.1) is 11.3 Å². The van der Waals surface area contributed by atoms with E-state index in [0.717, 1.165) is 11.3 Å². The number of methoxy groups -OCH3 is 1. The van der Waals surface area contributed by atoms with Crippen LogP contribution in [0.15, 0.2) is 70.8 Å². The van der Waals surface area contributed by atoms with Gasteiger partial charge in [-0.25, -0.2) is 4.98 Å². The normalized spacial score (nSPS) is 15.1. The molecule has 1 aliphatic heterocycles. The van der Waals surface area contributed by atoms with Crippen LogP contribution in [-0.2, 0) is 0 Å². The number of para-hydroxylation sites is 1. The van der Waals surface area contributed by atoms with Crippen LogP contribution in [0.1, 0.15) is 17.0 Å². The van der Waals surface area contributed by atoms with Gasteiger partial charge in [0, 0.05) is 5.69 Å². The van der Waals surface area contributed by atoms with Crippen molar-refractivity contribution in [1.29, 1.82) is 5.26 Å². The van der Waals surface area contributed by atoms with Crippen molar-refractivity contribution in [1.82, 2.24) is 9.97 Å². The number of nitriles is 1. The lowest BCUT2D eigenvalue weighted by Gasteiger charge is -2.25.